The van der Waals surface area contributed by atoms with Crippen molar-refractivity contribution in [1.29, 1.82) is 0 Å². The molecule has 6 heteroatoms. The Labute approximate surface area is 129 Å². The fraction of sp³-hybridized carbons (Fsp3) is 0.125. The monoisotopic (exact) mass is 318 g/mol. The Kier molecular flexibility index (Phi) is 3.62. The summed E-state index contributed by atoms with van der Waals surface area (Å²) in [6, 6.07) is 12.7. The van der Waals surface area contributed by atoms with Gasteiger partial charge in [0.2, 0.25) is 0 Å². The van der Waals surface area contributed by atoms with Gasteiger partial charge in [-0.1, -0.05) is 30.3 Å². The number of halogens is 1. The van der Waals surface area contributed by atoms with Crippen LogP contribution in [0.25, 0.3) is 0 Å². The van der Waals surface area contributed by atoms with Gasteiger partial charge in [0, 0.05) is 6.54 Å². The largest absolute Gasteiger partial charge is 0.331 e. The Morgan fingerprint density at radius 2 is 1.59 bits per heavy atom. The fourth-order valence-corrected chi connectivity index (χ4v) is 4.24. The van der Waals surface area contributed by atoms with Gasteiger partial charge in [0.15, 0.2) is 0 Å². The van der Waals surface area contributed by atoms with Crippen LogP contribution in [-0.2, 0) is 10.2 Å². The first-order chi connectivity index (χ1) is 10.6. The second kappa shape index (κ2) is 5.46. The van der Waals surface area contributed by atoms with Gasteiger partial charge >= 0.3 is 10.2 Å². The highest BCUT2D eigenvalue weighted by atomic mass is 32.2. The topological polar surface area (TPSA) is 40.6 Å². The molecule has 0 aliphatic carbocycles. The third-order valence-corrected chi connectivity index (χ3v) is 5.28. The molecular weight excluding hydrogens is 303 g/mol. The maximum Gasteiger partial charge on any atom is 0.331 e. The number of nitrogens with zero attached hydrogens (tertiary/aromatic N) is 2. The van der Waals surface area contributed by atoms with E-state index in [0.29, 0.717) is 17.8 Å². The molecule has 3 rings (SSSR count). The first-order valence-electron chi connectivity index (χ1n) is 6.85. The zero-order chi connectivity index (χ0) is 15.7. The summed E-state index contributed by atoms with van der Waals surface area (Å²) in [4.78, 5) is 0. The molecule has 22 heavy (non-hydrogen) atoms. The van der Waals surface area contributed by atoms with Crippen molar-refractivity contribution in [1.82, 2.24) is 0 Å². The quantitative estimate of drug-likeness (QED) is 0.808. The van der Waals surface area contributed by atoms with Crippen molar-refractivity contribution in [3.8, 4) is 0 Å². The van der Waals surface area contributed by atoms with Gasteiger partial charge in [-0.2, -0.15) is 8.42 Å². The van der Waals surface area contributed by atoms with Crippen LogP contribution in [0, 0.1) is 5.82 Å². The number of hydrogen-bond donors (Lipinski definition) is 0. The number of anilines is 3. The normalized spacial score (nSPS) is 15.7. The molecular formula is C16H15FN2O2S. The fourth-order valence-electron chi connectivity index (χ4n) is 2.51. The predicted molar refractivity (Wildman–Crippen MR) is 86.1 cm³/mol. The van der Waals surface area contributed by atoms with E-state index < -0.39 is 16.0 Å². The van der Waals surface area contributed by atoms with E-state index >= 15 is 0 Å². The number of hydrogen-bond acceptors (Lipinski definition) is 2. The Bertz CT molecular complexity index is 820. The molecule has 0 atom stereocenters. The number of rotatable bonds is 4. The second-order valence-electron chi connectivity index (χ2n) is 4.86. The van der Waals surface area contributed by atoms with Gasteiger partial charge < -0.3 is 0 Å². The third-order valence-electron chi connectivity index (χ3n) is 3.49. The maximum atomic E-state index is 14.1. The van der Waals surface area contributed by atoms with Crippen LogP contribution in [0.2, 0.25) is 0 Å². The van der Waals surface area contributed by atoms with E-state index in [1.165, 1.54) is 22.5 Å². The van der Waals surface area contributed by atoms with Gasteiger partial charge in [-0.05, 0) is 30.7 Å². The molecule has 0 N–H and O–H groups in total. The average molecular weight is 318 g/mol. The smallest absolute Gasteiger partial charge is 0.251 e. The predicted octanol–water partition coefficient (Wildman–Crippen LogP) is 3.60. The van der Waals surface area contributed by atoms with Crippen molar-refractivity contribution in [2.24, 2.45) is 0 Å². The first kappa shape index (κ1) is 14.6. The minimum absolute atomic E-state index is 0.0241. The standard InChI is InChI=1S/C16H15FN2O2S/c1-2-3-12-18-15-10-6-7-11-16(15)19(22(18,20)21)14-9-5-4-8-13(14)17/h2,4-11H,1,3,12H2. The molecule has 0 saturated heterocycles. The van der Waals surface area contributed by atoms with E-state index in [1.54, 1.807) is 36.4 Å². The van der Waals surface area contributed by atoms with Gasteiger partial charge in [-0.3, -0.25) is 4.31 Å². The Hall–Kier alpha value is -2.34. The number of para-hydroxylation sites is 3. The maximum absolute atomic E-state index is 14.1. The molecule has 2 aromatic carbocycles. The zero-order valence-electron chi connectivity index (χ0n) is 11.8. The highest BCUT2D eigenvalue weighted by Gasteiger charge is 2.41. The average Bonchev–Trinajstić information content (AvgIpc) is 2.72. The zero-order valence-corrected chi connectivity index (χ0v) is 12.6. The van der Waals surface area contributed by atoms with Crippen LogP contribution >= 0.6 is 0 Å². The van der Waals surface area contributed by atoms with Crippen molar-refractivity contribution < 1.29 is 12.8 Å². The number of benzene rings is 2. The minimum atomic E-state index is -3.86. The van der Waals surface area contributed by atoms with Gasteiger partial charge in [-0.25, -0.2) is 8.70 Å². The van der Waals surface area contributed by atoms with Gasteiger partial charge in [-0.15, -0.1) is 6.58 Å². The van der Waals surface area contributed by atoms with E-state index in [-0.39, 0.29) is 12.2 Å². The second-order valence-corrected chi connectivity index (χ2v) is 6.56. The molecule has 0 saturated carbocycles. The van der Waals surface area contributed by atoms with Crippen molar-refractivity contribution in [3.05, 3.63) is 67.0 Å². The van der Waals surface area contributed by atoms with Crippen LogP contribution in [0.1, 0.15) is 6.42 Å². The van der Waals surface area contributed by atoms with Crippen molar-refractivity contribution in [2.45, 2.75) is 6.42 Å². The van der Waals surface area contributed by atoms with E-state index in [1.807, 2.05) is 0 Å². The molecule has 1 aliphatic heterocycles. The molecule has 0 bridgehead atoms. The lowest BCUT2D eigenvalue weighted by Gasteiger charge is -2.21. The Balaban J connectivity index is 2.19. The first-order valence-corrected chi connectivity index (χ1v) is 8.24. The summed E-state index contributed by atoms with van der Waals surface area (Å²) in [7, 11) is -3.86. The number of fused-ring (bicyclic) bond motifs is 1. The molecule has 0 amide bonds. The van der Waals surface area contributed by atoms with Crippen LogP contribution < -0.4 is 8.61 Å². The summed E-state index contributed by atoms with van der Waals surface area (Å²) in [6.45, 7) is 3.89. The molecule has 2 aromatic rings. The Morgan fingerprint density at radius 1 is 1.00 bits per heavy atom. The van der Waals surface area contributed by atoms with Crippen LogP contribution in [0.5, 0.6) is 0 Å². The van der Waals surface area contributed by atoms with E-state index in [0.717, 1.165) is 4.31 Å². The summed E-state index contributed by atoms with van der Waals surface area (Å²) >= 11 is 0. The summed E-state index contributed by atoms with van der Waals surface area (Å²) in [5.74, 6) is -0.577. The summed E-state index contributed by atoms with van der Waals surface area (Å²) < 4.78 is 42.2. The van der Waals surface area contributed by atoms with Crippen LogP contribution in [0.15, 0.2) is 61.2 Å². The van der Waals surface area contributed by atoms with Crippen molar-refractivity contribution in [2.75, 3.05) is 15.2 Å². The van der Waals surface area contributed by atoms with Crippen LogP contribution in [-0.4, -0.2) is 15.0 Å². The lowest BCUT2D eigenvalue weighted by molar-refractivity contribution is 0.590. The van der Waals surface area contributed by atoms with E-state index in [9.17, 15) is 12.8 Å². The van der Waals surface area contributed by atoms with Crippen molar-refractivity contribution in [3.63, 3.8) is 0 Å². The molecule has 0 aromatic heterocycles. The summed E-state index contributed by atoms with van der Waals surface area (Å²) in [5, 5.41) is 0. The molecule has 1 aliphatic rings. The molecule has 0 radical (unpaired) electrons. The molecule has 4 nitrogen and oxygen atoms in total. The third kappa shape index (κ3) is 2.16. The van der Waals surface area contributed by atoms with Gasteiger partial charge in [0.25, 0.3) is 0 Å². The van der Waals surface area contributed by atoms with E-state index in [4.69, 9.17) is 0 Å². The minimum Gasteiger partial charge on any atom is -0.251 e. The highest BCUT2D eigenvalue weighted by molar-refractivity contribution is 7.95. The summed E-state index contributed by atoms with van der Waals surface area (Å²) in [6.07, 6.45) is 2.17. The molecule has 114 valence electrons. The lowest BCUT2D eigenvalue weighted by Crippen LogP contribution is -2.36. The SMILES string of the molecule is C=CCCN1c2ccccc2N(c2ccccc2F)S1(=O)=O. The Morgan fingerprint density at radius 3 is 2.23 bits per heavy atom. The molecule has 0 spiro atoms. The molecule has 1 heterocycles. The molecule has 0 unspecified atom stereocenters. The van der Waals surface area contributed by atoms with E-state index in [2.05, 4.69) is 6.58 Å². The van der Waals surface area contributed by atoms with Gasteiger partial charge in [0.1, 0.15) is 5.82 Å². The summed E-state index contributed by atoms with van der Waals surface area (Å²) in [5.41, 5.74) is 1.03. The van der Waals surface area contributed by atoms with Crippen LogP contribution in [0.4, 0.5) is 21.5 Å². The van der Waals surface area contributed by atoms with Crippen molar-refractivity contribution >= 4 is 27.3 Å². The van der Waals surface area contributed by atoms with Crippen LogP contribution in [0.3, 0.4) is 0 Å². The lowest BCUT2D eigenvalue weighted by atomic mass is 10.2. The molecule has 0 fully saturated rings. The van der Waals surface area contributed by atoms with Gasteiger partial charge in [0.05, 0.1) is 17.1 Å². The highest BCUT2D eigenvalue weighted by Crippen LogP contribution is 2.45.